The van der Waals surface area contributed by atoms with E-state index in [0.717, 1.165) is 68.4 Å². The van der Waals surface area contributed by atoms with E-state index in [1.165, 1.54) is 0 Å². The SMILES string of the molecule is C[C@]12CCC3(C#N)c4ccc(OC5CCCCO5)cc4CC[C@H]3[C@@H]1C[C@@H](OC1CCCCO1)C2(F)F. The molecule has 0 bridgehead atoms. The molecule has 7 heteroatoms. The van der Waals surface area contributed by atoms with Crippen LogP contribution in [0.15, 0.2) is 18.2 Å². The van der Waals surface area contributed by atoms with Crippen molar-refractivity contribution < 1.29 is 27.7 Å². The third-order valence-corrected chi connectivity index (χ3v) is 9.95. The molecule has 2 aliphatic heterocycles. The van der Waals surface area contributed by atoms with Crippen LogP contribution in [0.25, 0.3) is 0 Å². The molecule has 0 radical (unpaired) electrons. The van der Waals surface area contributed by atoms with Crippen molar-refractivity contribution in [2.75, 3.05) is 13.2 Å². The maximum Gasteiger partial charge on any atom is 0.279 e. The van der Waals surface area contributed by atoms with Gasteiger partial charge in [-0.25, -0.2) is 8.78 Å². The Bertz CT molecular complexity index is 1020. The molecule has 6 rings (SSSR count). The van der Waals surface area contributed by atoms with Gasteiger partial charge in [0.05, 0.1) is 18.1 Å². The van der Waals surface area contributed by atoms with Crippen molar-refractivity contribution in [3.63, 3.8) is 0 Å². The molecule has 0 amide bonds. The first-order valence-corrected chi connectivity index (χ1v) is 13.9. The number of alkyl halides is 2. The van der Waals surface area contributed by atoms with Gasteiger partial charge in [0.25, 0.3) is 5.92 Å². The van der Waals surface area contributed by atoms with E-state index in [0.29, 0.717) is 25.9 Å². The smallest absolute Gasteiger partial charge is 0.279 e. The Morgan fingerprint density at radius 1 is 0.972 bits per heavy atom. The van der Waals surface area contributed by atoms with E-state index in [2.05, 4.69) is 6.07 Å². The highest BCUT2D eigenvalue weighted by molar-refractivity contribution is 5.48. The van der Waals surface area contributed by atoms with Gasteiger partial charge in [0.15, 0.2) is 12.6 Å². The van der Waals surface area contributed by atoms with Crippen molar-refractivity contribution in [1.29, 1.82) is 5.26 Å². The van der Waals surface area contributed by atoms with Crippen molar-refractivity contribution in [2.24, 2.45) is 17.3 Å². The van der Waals surface area contributed by atoms with Crippen LogP contribution in [0.3, 0.4) is 0 Å². The molecule has 0 N–H and O–H groups in total. The summed E-state index contributed by atoms with van der Waals surface area (Å²) in [5, 5.41) is 10.6. The molecule has 1 aromatic carbocycles. The largest absolute Gasteiger partial charge is 0.465 e. The second-order valence-electron chi connectivity index (χ2n) is 11.8. The van der Waals surface area contributed by atoms with Crippen LogP contribution in [-0.2, 0) is 26.0 Å². The predicted octanol–water partition coefficient (Wildman–Crippen LogP) is 6.28. The zero-order valence-corrected chi connectivity index (χ0v) is 21.1. The molecule has 2 saturated heterocycles. The lowest BCUT2D eigenvalue weighted by Crippen LogP contribution is -2.54. The Morgan fingerprint density at radius 3 is 2.42 bits per heavy atom. The van der Waals surface area contributed by atoms with Crippen LogP contribution >= 0.6 is 0 Å². The first-order valence-electron chi connectivity index (χ1n) is 13.9. The number of nitrogens with zero attached hydrogens (tertiary/aromatic N) is 1. The van der Waals surface area contributed by atoms with Crippen LogP contribution in [0.4, 0.5) is 8.78 Å². The number of fused-ring (bicyclic) bond motifs is 5. The lowest BCUT2D eigenvalue weighted by Gasteiger charge is -2.54. The van der Waals surface area contributed by atoms with Crippen molar-refractivity contribution in [1.82, 2.24) is 0 Å². The van der Waals surface area contributed by atoms with E-state index in [1.807, 2.05) is 18.2 Å². The van der Waals surface area contributed by atoms with Crippen molar-refractivity contribution in [3.8, 4) is 11.8 Å². The van der Waals surface area contributed by atoms with Gasteiger partial charge < -0.3 is 18.9 Å². The summed E-state index contributed by atoms with van der Waals surface area (Å²) in [6.45, 7) is 3.02. The normalized spacial score (nSPS) is 41.4. The zero-order valence-electron chi connectivity index (χ0n) is 21.1. The molecule has 196 valence electrons. The summed E-state index contributed by atoms with van der Waals surface area (Å²) in [7, 11) is 0. The number of hydrogen-bond donors (Lipinski definition) is 0. The highest BCUT2D eigenvalue weighted by Crippen LogP contribution is 2.68. The third kappa shape index (κ3) is 3.78. The predicted molar refractivity (Wildman–Crippen MR) is 129 cm³/mol. The summed E-state index contributed by atoms with van der Waals surface area (Å²) >= 11 is 0. The van der Waals surface area contributed by atoms with Gasteiger partial charge in [-0.1, -0.05) is 13.0 Å². The summed E-state index contributed by atoms with van der Waals surface area (Å²) in [6, 6.07) is 8.65. The quantitative estimate of drug-likeness (QED) is 0.486. The molecule has 3 unspecified atom stereocenters. The zero-order chi connectivity index (χ0) is 25.0. The fraction of sp³-hybridized carbons (Fsp3) is 0.759. The van der Waals surface area contributed by atoms with Gasteiger partial charge in [0.1, 0.15) is 11.9 Å². The molecule has 36 heavy (non-hydrogen) atoms. The fourth-order valence-electron chi connectivity index (χ4n) is 7.88. The molecule has 2 heterocycles. The van der Waals surface area contributed by atoms with Gasteiger partial charge in [-0.15, -0.1) is 0 Å². The Kier molecular flexibility index (Phi) is 6.29. The number of hydrogen-bond acceptors (Lipinski definition) is 5. The summed E-state index contributed by atoms with van der Waals surface area (Å²) in [5.41, 5.74) is 0.196. The Morgan fingerprint density at radius 2 is 1.72 bits per heavy atom. The average molecular weight is 502 g/mol. The van der Waals surface area contributed by atoms with E-state index in [4.69, 9.17) is 18.9 Å². The van der Waals surface area contributed by atoms with E-state index >= 15 is 8.78 Å². The molecule has 4 fully saturated rings. The van der Waals surface area contributed by atoms with Gasteiger partial charge in [-0.2, -0.15) is 5.26 Å². The Labute approximate surface area is 212 Å². The molecule has 0 spiro atoms. The van der Waals surface area contributed by atoms with Crippen LogP contribution in [0.1, 0.15) is 82.3 Å². The van der Waals surface area contributed by atoms with E-state index < -0.39 is 29.1 Å². The molecule has 1 aromatic rings. The summed E-state index contributed by atoms with van der Waals surface area (Å²) < 4.78 is 55.3. The molecular formula is C29H37F2NO4. The first-order chi connectivity index (χ1) is 17.4. The van der Waals surface area contributed by atoms with E-state index in [1.54, 1.807) is 6.92 Å². The highest BCUT2D eigenvalue weighted by atomic mass is 19.3. The second-order valence-corrected chi connectivity index (χ2v) is 11.8. The summed E-state index contributed by atoms with van der Waals surface area (Å²) in [5.74, 6) is -2.57. The summed E-state index contributed by atoms with van der Waals surface area (Å²) in [6.07, 6.45) is 6.22. The lowest BCUT2D eigenvalue weighted by atomic mass is 9.49. The summed E-state index contributed by atoms with van der Waals surface area (Å²) in [4.78, 5) is 0. The number of ether oxygens (including phenoxy) is 4. The molecule has 0 aromatic heterocycles. The van der Waals surface area contributed by atoms with E-state index in [9.17, 15) is 5.26 Å². The van der Waals surface area contributed by atoms with Crippen LogP contribution in [0, 0.1) is 28.6 Å². The second kappa shape index (κ2) is 9.22. The standard InChI is InChI=1S/C29H37F2NO4/c1-27-12-13-28(18-32)21-11-9-20(35-25-6-2-4-14-33-25)16-19(21)8-10-22(28)23(27)17-24(29(27,30)31)36-26-7-3-5-15-34-26/h9,11,16,22-26H,2-8,10,12-15,17H2,1H3/t22-,23-,24+,25?,26?,27-,28?/m0/s1. The van der Waals surface area contributed by atoms with Crippen LogP contribution < -0.4 is 4.74 Å². The topological polar surface area (TPSA) is 60.7 Å². The highest BCUT2D eigenvalue weighted by Gasteiger charge is 2.71. The van der Waals surface area contributed by atoms with Crippen molar-refractivity contribution >= 4 is 0 Å². The number of nitriles is 1. The minimum Gasteiger partial charge on any atom is -0.465 e. The van der Waals surface area contributed by atoms with Gasteiger partial charge in [0.2, 0.25) is 0 Å². The molecule has 2 saturated carbocycles. The Balaban J connectivity index is 1.26. The molecule has 7 atom stereocenters. The van der Waals surface area contributed by atoms with Gasteiger partial charge in [-0.3, -0.25) is 0 Å². The van der Waals surface area contributed by atoms with Gasteiger partial charge in [-0.05, 0) is 99.3 Å². The minimum atomic E-state index is -2.95. The van der Waals surface area contributed by atoms with Gasteiger partial charge in [0, 0.05) is 18.4 Å². The molecule has 5 nitrogen and oxygen atoms in total. The Hall–Kier alpha value is -1.75. The number of rotatable bonds is 4. The third-order valence-electron chi connectivity index (χ3n) is 9.95. The van der Waals surface area contributed by atoms with Crippen molar-refractivity contribution in [2.45, 2.75) is 108 Å². The monoisotopic (exact) mass is 501 g/mol. The maximum atomic E-state index is 16.0. The molecule has 3 aliphatic carbocycles. The van der Waals surface area contributed by atoms with Crippen LogP contribution in [0.5, 0.6) is 5.75 Å². The van der Waals surface area contributed by atoms with Crippen LogP contribution in [-0.4, -0.2) is 37.8 Å². The fourth-order valence-corrected chi connectivity index (χ4v) is 7.88. The maximum absolute atomic E-state index is 16.0. The average Bonchev–Trinajstić information content (AvgIpc) is 3.09. The minimum absolute atomic E-state index is 0.117. The van der Waals surface area contributed by atoms with Crippen LogP contribution in [0.2, 0.25) is 0 Å². The molecule has 5 aliphatic rings. The van der Waals surface area contributed by atoms with E-state index in [-0.39, 0.29) is 24.5 Å². The number of halogens is 2. The first kappa shape index (κ1) is 24.6. The van der Waals surface area contributed by atoms with Crippen molar-refractivity contribution in [3.05, 3.63) is 29.3 Å². The number of benzene rings is 1. The lowest BCUT2D eigenvalue weighted by molar-refractivity contribution is -0.250. The van der Waals surface area contributed by atoms with Gasteiger partial charge >= 0.3 is 0 Å². The molecular weight excluding hydrogens is 464 g/mol. The number of aryl methyl sites for hydroxylation is 1.